The van der Waals surface area contributed by atoms with Gasteiger partial charge < -0.3 is 15.2 Å². The van der Waals surface area contributed by atoms with Crippen molar-refractivity contribution in [3.05, 3.63) is 23.8 Å². The van der Waals surface area contributed by atoms with E-state index < -0.39 is 5.54 Å². The Labute approximate surface area is 95.3 Å². The molecule has 4 nitrogen and oxygen atoms in total. The topological polar surface area (TPSA) is 61.5 Å². The van der Waals surface area contributed by atoms with Crippen molar-refractivity contribution in [3.63, 3.8) is 0 Å². The number of hydrogen-bond acceptors (Lipinski definition) is 4. The molecule has 2 N–H and O–H groups in total. The number of rotatable bonds is 4. The number of ether oxygens (including phenoxy) is 2. The molecule has 0 spiro atoms. The van der Waals surface area contributed by atoms with Crippen molar-refractivity contribution in [2.45, 2.75) is 19.4 Å². The summed E-state index contributed by atoms with van der Waals surface area (Å²) in [6, 6.07) is 5.15. The second kappa shape index (κ2) is 4.53. The van der Waals surface area contributed by atoms with Crippen LogP contribution in [0.2, 0.25) is 0 Å². The summed E-state index contributed by atoms with van der Waals surface area (Å²) in [5.74, 6) is 0.773. The van der Waals surface area contributed by atoms with Gasteiger partial charge in [0.05, 0.1) is 25.3 Å². The fourth-order valence-corrected chi connectivity index (χ4v) is 1.41. The molecule has 0 fully saturated rings. The maximum absolute atomic E-state index is 12.1. The first-order chi connectivity index (χ1) is 7.41. The van der Waals surface area contributed by atoms with Gasteiger partial charge in [-0.25, -0.2) is 0 Å². The molecule has 0 aromatic heterocycles. The quantitative estimate of drug-likeness (QED) is 0.788. The number of ketones is 1. The Kier molecular flexibility index (Phi) is 3.55. The minimum absolute atomic E-state index is 0.178. The fourth-order valence-electron chi connectivity index (χ4n) is 1.41. The third-order valence-corrected chi connectivity index (χ3v) is 2.23. The molecule has 0 heterocycles. The zero-order valence-electron chi connectivity index (χ0n) is 10.0. The highest BCUT2D eigenvalue weighted by Crippen LogP contribution is 2.32. The highest BCUT2D eigenvalue weighted by Gasteiger charge is 2.27. The fraction of sp³-hybridized carbons (Fsp3) is 0.417. The first kappa shape index (κ1) is 12.5. The lowest BCUT2D eigenvalue weighted by atomic mass is 9.93. The molecule has 16 heavy (non-hydrogen) atoms. The Hall–Kier alpha value is -1.55. The highest BCUT2D eigenvalue weighted by molar-refractivity contribution is 6.05. The second-order valence-electron chi connectivity index (χ2n) is 4.09. The summed E-state index contributed by atoms with van der Waals surface area (Å²) in [6.07, 6.45) is 0. The zero-order chi connectivity index (χ0) is 12.3. The van der Waals surface area contributed by atoms with Gasteiger partial charge in [0.15, 0.2) is 17.3 Å². The first-order valence-corrected chi connectivity index (χ1v) is 4.96. The molecule has 0 amide bonds. The number of benzene rings is 1. The van der Waals surface area contributed by atoms with Gasteiger partial charge >= 0.3 is 0 Å². The van der Waals surface area contributed by atoms with Crippen LogP contribution in [-0.2, 0) is 0 Å². The van der Waals surface area contributed by atoms with E-state index in [1.54, 1.807) is 32.0 Å². The molecule has 0 saturated heterocycles. The summed E-state index contributed by atoms with van der Waals surface area (Å²) < 4.78 is 10.3. The van der Waals surface area contributed by atoms with Crippen LogP contribution in [-0.4, -0.2) is 25.5 Å². The van der Waals surface area contributed by atoms with Crippen molar-refractivity contribution in [3.8, 4) is 11.5 Å². The lowest BCUT2D eigenvalue weighted by Gasteiger charge is -2.19. The molecule has 0 unspecified atom stereocenters. The number of hydrogen-bond donors (Lipinski definition) is 1. The van der Waals surface area contributed by atoms with Gasteiger partial charge in [0.25, 0.3) is 0 Å². The highest BCUT2D eigenvalue weighted by atomic mass is 16.5. The molecule has 0 bridgehead atoms. The van der Waals surface area contributed by atoms with Gasteiger partial charge in [0.2, 0.25) is 0 Å². The van der Waals surface area contributed by atoms with Gasteiger partial charge in [-0.3, -0.25) is 4.79 Å². The van der Waals surface area contributed by atoms with Crippen LogP contribution in [0.25, 0.3) is 0 Å². The Morgan fingerprint density at radius 3 is 2.31 bits per heavy atom. The Morgan fingerprint density at radius 2 is 1.88 bits per heavy atom. The van der Waals surface area contributed by atoms with Crippen LogP contribution >= 0.6 is 0 Å². The maximum atomic E-state index is 12.1. The van der Waals surface area contributed by atoms with Crippen LogP contribution in [0.3, 0.4) is 0 Å². The number of para-hydroxylation sites is 1. The van der Waals surface area contributed by atoms with Gasteiger partial charge in [0, 0.05) is 0 Å². The van der Waals surface area contributed by atoms with E-state index in [0.717, 1.165) is 0 Å². The summed E-state index contributed by atoms with van der Waals surface area (Å²) in [6.45, 7) is 3.32. The summed E-state index contributed by atoms with van der Waals surface area (Å²) in [5, 5.41) is 0. The number of nitrogens with two attached hydrogens (primary N) is 1. The van der Waals surface area contributed by atoms with E-state index in [1.807, 2.05) is 0 Å². The molecule has 0 aliphatic rings. The van der Waals surface area contributed by atoms with Crippen molar-refractivity contribution in [2.75, 3.05) is 14.2 Å². The van der Waals surface area contributed by atoms with Crippen molar-refractivity contribution in [1.82, 2.24) is 0 Å². The number of carbonyl (C=O) groups is 1. The minimum atomic E-state index is -0.931. The standard InChI is InChI=1S/C12H17NO3/c1-12(2,13)11(14)8-6-5-7-9(15-3)10(8)16-4/h5-7H,13H2,1-4H3. The normalized spacial score (nSPS) is 11.1. The molecule has 88 valence electrons. The van der Waals surface area contributed by atoms with Crippen LogP contribution in [0.5, 0.6) is 11.5 Å². The molecular formula is C12H17NO3. The average molecular weight is 223 g/mol. The molecule has 1 aromatic rings. The monoisotopic (exact) mass is 223 g/mol. The van der Waals surface area contributed by atoms with E-state index in [4.69, 9.17) is 15.2 Å². The Bertz CT molecular complexity index is 394. The summed E-state index contributed by atoms with van der Waals surface area (Å²) in [4.78, 5) is 12.1. The molecular weight excluding hydrogens is 206 g/mol. The predicted octanol–water partition coefficient (Wildman–Crippen LogP) is 1.62. The van der Waals surface area contributed by atoms with Gasteiger partial charge in [-0.1, -0.05) is 6.07 Å². The number of methoxy groups -OCH3 is 2. The third-order valence-electron chi connectivity index (χ3n) is 2.23. The van der Waals surface area contributed by atoms with E-state index in [1.165, 1.54) is 14.2 Å². The second-order valence-corrected chi connectivity index (χ2v) is 4.09. The van der Waals surface area contributed by atoms with Crippen molar-refractivity contribution in [1.29, 1.82) is 0 Å². The van der Waals surface area contributed by atoms with E-state index in [0.29, 0.717) is 17.1 Å². The maximum Gasteiger partial charge on any atom is 0.185 e. The van der Waals surface area contributed by atoms with Crippen LogP contribution in [0, 0.1) is 0 Å². The van der Waals surface area contributed by atoms with E-state index >= 15 is 0 Å². The van der Waals surface area contributed by atoms with E-state index in [-0.39, 0.29) is 5.78 Å². The third kappa shape index (κ3) is 2.33. The van der Waals surface area contributed by atoms with Gasteiger partial charge in [-0.05, 0) is 26.0 Å². The minimum Gasteiger partial charge on any atom is -0.493 e. The number of Topliss-reactive ketones (excluding diaryl/α,β-unsaturated/α-hetero) is 1. The van der Waals surface area contributed by atoms with Crippen molar-refractivity contribution >= 4 is 5.78 Å². The van der Waals surface area contributed by atoms with Gasteiger partial charge in [0.1, 0.15) is 0 Å². The molecule has 0 aliphatic carbocycles. The first-order valence-electron chi connectivity index (χ1n) is 4.96. The lowest BCUT2D eigenvalue weighted by molar-refractivity contribution is 0.0910. The van der Waals surface area contributed by atoms with Crippen LogP contribution in [0.1, 0.15) is 24.2 Å². The SMILES string of the molecule is COc1cccc(C(=O)C(C)(C)N)c1OC. The molecule has 0 saturated carbocycles. The average Bonchev–Trinajstić information content (AvgIpc) is 2.25. The molecule has 0 aliphatic heterocycles. The molecule has 4 heteroatoms. The molecule has 0 atom stereocenters. The summed E-state index contributed by atoms with van der Waals surface area (Å²) in [7, 11) is 3.03. The Morgan fingerprint density at radius 1 is 1.25 bits per heavy atom. The zero-order valence-corrected chi connectivity index (χ0v) is 10.0. The lowest BCUT2D eigenvalue weighted by Crippen LogP contribution is -2.41. The molecule has 0 radical (unpaired) electrons. The molecule has 1 rings (SSSR count). The van der Waals surface area contributed by atoms with Crippen molar-refractivity contribution < 1.29 is 14.3 Å². The number of carbonyl (C=O) groups excluding carboxylic acids is 1. The smallest absolute Gasteiger partial charge is 0.185 e. The van der Waals surface area contributed by atoms with Crippen LogP contribution < -0.4 is 15.2 Å². The summed E-state index contributed by atoms with van der Waals surface area (Å²) in [5.41, 5.74) is 5.29. The summed E-state index contributed by atoms with van der Waals surface area (Å²) >= 11 is 0. The largest absolute Gasteiger partial charge is 0.493 e. The van der Waals surface area contributed by atoms with Gasteiger partial charge in [-0.2, -0.15) is 0 Å². The van der Waals surface area contributed by atoms with Crippen LogP contribution in [0.15, 0.2) is 18.2 Å². The molecule has 1 aromatic carbocycles. The van der Waals surface area contributed by atoms with Crippen molar-refractivity contribution in [2.24, 2.45) is 5.73 Å². The van der Waals surface area contributed by atoms with Gasteiger partial charge in [-0.15, -0.1) is 0 Å². The Balaban J connectivity index is 3.29. The van der Waals surface area contributed by atoms with Crippen LogP contribution in [0.4, 0.5) is 0 Å². The van der Waals surface area contributed by atoms with E-state index in [2.05, 4.69) is 0 Å². The predicted molar refractivity (Wildman–Crippen MR) is 62.1 cm³/mol. The van der Waals surface area contributed by atoms with E-state index in [9.17, 15) is 4.79 Å².